The molecule has 1 atom stereocenters. The van der Waals surface area contributed by atoms with Gasteiger partial charge in [-0.15, -0.1) is 0 Å². The summed E-state index contributed by atoms with van der Waals surface area (Å²) in [5, 5.41) is 17.6. The monoisotopic (exact) mass is 238 g/mol. The first-order valence-corrected chi connectivity index (χ1v) is 5.87. The third-order valence-electron chi connectivity index (χ3n) is 2.55. The largest absolute Gasteiger partial charge is 0.504 e. The van der Waals surface area contributed by atoms with Crippen molar-refractivity contribution in [3.63, 3.8) is 0 Å². The zero-order valence-electron chi connectivity index (χ0n) is 11.0. The lowest BCUT2D eigenvalue weighted by molar-refractivity contribution is -0.120. The molecule has 1 rings (SSSR count). The number of Topliss-reactive ketones (excluding diaryl/α,β-unsaturated/α-hetero) is 1. The summed E-state index contributed by atoms with van der Waals surface area (Å²) in [5.41, 5.74) is 0.935. The van der Waals surface area contributed by atoms with Gasteiger partial charge >= 0.3 is 0 Å². The molecule has 0 aliphatic carbocycles. The van der Waals surface area contributed by atoms with Crippen LogP contribution in [0.5, 0.6) is 11.5 Å². The molecule has 3 nitrogen and oxygen atoms in total. The minimum atomic E-state index is -0.0689. The fourth-order valence-corrected chi connectivity index (χ4v) is 1.27. The Labute approximate surface area is 103 Å². The number of ketones is 1. The van der Waals surface area contributed by atoms with E-state index < -0.39 is 0 Å². The molecule has 2 N–H and O–H groups in total. The van der Waals surface area contributed by atoms with Crippen LogP contribution in [0.1, 0.15) is 39.2 Å². The first kappa shape index (κ1) is 15.5. The molecule has 0 aliphatic heterocycles. The summed E-state index contributed by atoms with van der Waals surface area (Å²) in [6.45, 7) is 7.57. The van der Waals surface area contributed by atoms with Crippen LogP contribution in [-0.4, -0.2) is 16.0 Å². The van der Waals surface area contributed by atoms with Crippen LogP contribution in [0, 0.1) is 12.8 Å². The number of aromatic hydroxyl groups is 2. The predicted octanol–water partition coefficient (Wildman–Crippen LogP) is 3.42. The van der Waals surface area contributed by atoms with E-state index in [1.54, 1.807) is 13.0 Å². The summed E-state index contributed by atoms with van der Waals surface area (Å²) in [6.07, 6.45) is 2.15. The van der Waals surface area contributed by atoms with Crippen molar-refractivity contribution in [1.29, 1.82) is 0 Å². The van der Waals surface area contributed by atoms with Gasteiger partial charge in [0.05, 0.1) is 0 Å². The van der Waals surface area contributed by atoms with Gasteiger partial charge in [0.1, 0.15) is 5.78 Å². The molecule has 0 amide bonds. The maximum absolute atomic E-state index is 10.5. The highest BCUT2D eigenvalue weighted by Gasteiger charge is 2.03. The molecule has 96 valence electrons. The van der Waals surface area contributed by atoms with Crippen LogP contribution in [0.4, 0.5) is 0 Å². The number of aryl methyl sites for hydroxylation is 1. The molecule has 1 aromatic rings. The first-order chi connectivity index (χ1) is 7.88. The summed E-state index contributed by atoms with van der Waals surface area (Å²) in [4.78, 5) is 10.5. The minimum absolute atomic E-state index is 0.0602. The minimum Gasteiger partial charge on any atom is -0.504 e. The maximum Gasteiger partial charge on any atom is 0.157 e. The van der Waals surface area contributed by atoms with E-state index in [0.717, 1.165) is 18.4 Å². The second-order valence-electron chi connectivity index (χ2n) is 4.29. The highest BCUT2D eigenvalue weighted by atomic mass is 16.3. The Morgan fingerprint density at radius 3 is 2.18 bits per heavy atom. The lowest BCUT2D eigenvalue weighted by Crippen LogP contribution is -2.04. The second kappa shape index (κ2) is 7.71. The van der Waals surface area contributed by atoms with Gasteiger partial charge in [0.2, 0.25) is 0 Å². The first-order valence-electron chi connectivity index (χ1n) is 5.87. The van der Waals surface area contributed by atoms with Crippen LogP contribution in [-0.2, 0) is 4.79 Å². The number of hydrogen-bond acceptors (Lipinski definition) is 3. The van der Waals surface area contributed by atoms with Crippen LogP contribution in [0.15, 0.2) is 18.2 Å². The number of rotatable bonds is 3. The lowest BCUT2D eigenvalue weighted by atomic mass is 10.0. The predicted molar refractivity (Wildman–Crippen MR) is 69.3 cm³/mol. The van der Waals surface area contributed by atoms with Crippen molar-refractivity contribution in [3.8, 4) is 11.5 Å². The molecule has 1 aromatic carbocycles. The van der Waals surface area contributed by atoms with E-state index in [4.69, 9.17) is 10.2 Å². The molecule has 0 aromatic heterocycles. The maximum atomic E-state index is 10.5. The fraction of sp³-hybridized carbons (Fsp3) is 0.500. The molecule has 0 radical (unpaired) electrons. The number of carbonyl (C=O) groups excluding carboxylic acids is 1. The summed E-state index contributed by atoms with van der Waals surface area (Å²) in [7, 11) is 0. The summed E-state index contributed by atoms with van der Waals surface area (Å²) in [6, 6.07) is 4.70. The van der Waals surface area contributed by atoms with Gasteiger partial charge in [-0.1, -0.05) is 26.3 Å². The van der Waals surface area contributed by atoms with Gasteiger partial charge in [0, 0.05) is 5.92 Å². The van der Waals surface area contributed by atoms with E-state index in [-0.39, 0.29) is 17.4 Å². The molecule has 0 saturated carbocycles. The average Bonchev–Trinajstić information content (AvgIpc) is 2.25. The van der Waals surface area contributed by atoms with E-state index in [0.29, 0.717) is 5.78 Å². The number of benzene rings is 1. The normalized spacial score (nSPS) is 11.3. The Hall–Kier alpha value is -1.51. The van der Waals surface area contributed by atoms with Gasteiger partial charge in [-0.05, 0) is 38.0 Å². The van der Waals surface area contributed by atoms with Crippen LogP contribution in [0.2, 0.25) is 0 Å². The molecule has 0 spiro atoms. The number of hydrogen-bond donors (Lipinski definition) is 2. The number of phenols is 2. The van der Waals surface area contributed by atoms with Crippen molar-refractivity contribution >= 4 is 5.78 Å². The Bertz CT molecular complexity index is 358. The Kier molecular flexibility index (Phi) is 7.03. The molecule has 0 aliphatic rings. The molecular weight excluding hydrogens is 216 g/mol. The van der Waals surface area contributed by atoms with Crippen LogP contribution >= 0.6 is 0 Å². The Morgan fingerprint density at radius 2 is 1.88 bits per heavy atom. The quantitative estimate of drug-likeness (QED) is 0.793. The van der Waals surface area contributed by atoms with Crippen molar-refractivity contribution in [2.24, 2.45) is 5.92 Å². The topological polar surface area (TPSA) is 57.5 Å². The lowest BCUT2D eigenvalue weighted by Gasteiger charge is -2.01. The van der Waals surface area contributed by atoms with Crippen molar-refractivity contribution in [2.75, 3.05) is 0 Å². The van der Waals surface area contributed by atoms with E-state index in [1.807, 2.05) is 13.8 Å². The third-order valence-corrected chi connectivity index (χ3v) is 2.55. The molecule has 3 heteroatoms. The molecule has 17 heavy (non-hydrogen) atoms. The molecule has 0 saturated heterocycles. The van der Waals surface area contributed by atoms with Crippen LogP contribution in [0.25, 0.3) is 0 Å². The van der Waals surface area contributed by atoms with Crippen molar-refractivity contribution < 1.29 is 15.0 Å². The zero-order valence-corrected chi connectivity index (χ0v) is 11.0. The van der Waals surface area contributed by atoms with Crippen molar-refractivity contribution in [1.82, 2.24) is 0 Å². The van der Waals surface area contributed by atoms with Crippen LogP contribution < -0.4 is 0 Å². The third kappa shape index (κ3) is 6.61. The highest BCUT2D eigenvalue weighted by molar-refractivity contribution is 5.77. The van der Waals surface area contributed by atoms with Crippen molar-refractivity contribution in [2.45, 2.75) is 40.5 Å². The number of phenolic OH excluding ortho intramolecular Hbond substituents is 2. The summed E-state index contributed by atoms with van der Waals surface area (Å²) in [5.74, 6) is 0.461. The molecule has 1 unspecified atom stereocenters. The average molecular weight is 238 g/mol. The molecule has 0 fully saturated rings. The SMILES string of the molecule is CCCC(C)C(C)=O.Cc1ccc(O)c(O)c1. The van der Waals surface area contributed by atoms with E-state index in [2.05, 4.69) is 6.92 Å². The van der Waals surface area contributed by atoms with Gasteiger partial charge in [-0.25, -0.2) is 0 Å². The summed E-state index contributed by atoms with van der Waals surface area (Å²) >= 11 is 0. The molecular formula is C14H22O3. The highest BCUT2D eigenvalue weighted by Crippen LogP contribution is 2.23. The van der Waals surface area contributed by atoms with E-state index in [9.17, 15) is 4.79 Å². The van der Waals surface area contributed by atoms with Gasteiger partial charge < -0.3 is 10.2 Å². The second-order valence-corrected chi connectivity index (χ2v) is 4.29. The standard InChI is InChI=1S/C7H8O2.C7H14O/c1-5-2-3-6(8)7(9)4-5;1-4-5-6(2)7(3)8/h2-4,8-9H,1H3;6H,4-5H2,1-3H3. The van der Waals surface area contributed by atoms with Gasteiger partial charge in [0.25, 0.3) is 0 Å². The smallest absolute Gasteiger partial charge is 0.157 e. The Morgan fingerprint density at radius 1 is 1.29 bits per heavy atom. The molecule has 0 heterocycles. The Balaban J connectivity index is 0.000000304. The fourth-order valence-electron chi connectivity index (χ4n) is 1.27. The number of carbonyl (C=O) groups is 1. The summed E-state index contributed by atoms with van der Waals surface area (Å²) < 4.78 is 0. The van der Waals surface area contributed by atoms with E-state index >= 15 is 0 Å². The van der Waals surface area contributed by atoms with Gasteiger partial charge in [-0.3, -0.25) is 4.79 Å². The van der Waals surface area contributed by atoms with Crippen molar-refractivity contribution in [3.05, 3.63) is 23.8 Å². The molecule has 0 bridgehead atoms. The van der Waals surface area contributed by atoms with E-state index in [1.165, 1.54) is 12.1 Å². The van der Waals surface area contributed by atoms with Gasteiger partial charge in [-0.2, -0.15) is 0 Å². The van der Waals surface area contributed by atoms with Gasteiger partial charge in [0.15, 0.2) is 11.5 Å². The van der Waals surface area contributed by atoms with Crippen LogP contribution in [0.3, 0.4) is 0 Å². The zero-order chi connectivity index (χ0) is 13.4.